The molecule has 0 atom stereocenters. The number of carbonyl (C=O) groups is 2. The van der Waals surface area contributed by atoms with Crippen LogP contribution in [0.15, 0.2) is 33.7 Å². The van der Waals surface area contributed by atoms with E-state index in [9.17, 15) is 14.4 Å². The van der Waals surface area contributed by atoms with Crippen LogP contribution < -0.4 is 14.9 Å². The lowest BCUT2D eigenvalue weighted by atomic mass is 10.2. The Labute approximate surface area is 107 Å². The zero-order valence-electron chi connectivity index (χ0n) is 10.3. The van der Waals surface area contributed by atoms with Gasteiger partial charge in [-0.3, -0.25) is 14.4 Å². The van der Waals surface area contributed by atoms with Gasteiger partial charge in [-0.2, -0.15) is 0 Å². The lowest BCUT2D eigenvalue weighted by Crippen LogP contribution is -2.08. The third-order valence-corrected chi connectivity index (χ3v) is 2.23. The number of benzene rings is 1. The molecule has 98 valence electrons. The molecule has 0 saturated carbocycles. The van der Waals surface area contributed by atoms with Crippen molar-refractivity contribution in [2.45, 2.75) is 13.8 Å². The fourth-order valence-electron chi connectivity index (χ4n) is 1.56. The van der Waals surface area contributed by atoms with Crippen molar-refractivity contribution in [2.24, 2.45) is 0 Å². The Morgan fingerprint density at radius 2 is 1.63 bits per heavy atom. The second kappa shape index (κ2) is 4.93. The Morgan fingerprint density at radius 1 is 1.05 bits per heavy atom. The largest absolute Gasteiger partial charge is 0.464 e. The zero-order chi connectivity index (χ0) is 14.0. The molecule has 1 aromatic carbocycles. The molecular formula is C13H10O6. The molecule has 6 nitrogen and oxygen atoms in total. The van der Waals surface area contributed by atoms with Gasteiger partial charge in [0.25, 0.3) is 0 Å². The normalized spacial score (nSPS) is 10.2. The maximum atomic E-state index is 11.6. The second-order valence-electron chi connectivity index (χ2n) is 3.77. The molecule has 19 heavy (non-hydrogen) atoms. The van der Waals surface area contributed by atoms with E-state index in [1.165, 1.54) is 38.3 Å². The van der Waals surface area contributed by atoms with Gasteiger partial charge in [0.05, 0.1) is 11.6 Å². The van der Waals surface area contributed by atoms with E-state index >= 15 is 0 Å². The molecule has 2 aromatic rings. The second-order valence-corrected chi connectivity index (χ2v) is 3.77. The summed E-state index contributed by atoms with van der Waals surface area (Å²) in [5.41, 5.74) is -0.0521. The van der Waals surface area contributed by atoms with Crippen LogP contribution in [0.4, 0.5) is 0 Å². The lowest BCUT2D eigenvalue weighted by molar-refractivity contribution is -0.134. The average molecular weight is 262 g/mol. The molecule has 0 radical (unpaired) electrons. The van der Waals surface area contributed by atoms with Crippen molar-refractivity contribution in [3.8, 4) is 11.5 Å². The Bertz CT molecular complexity index is 713. The molecule has 0 spiro atoms. The number of hydrogen-bond donors (Lipinski definition) is 0. The van der Waals surface area contributed by atoms with E-state index < -0.39 is 11.9 Å². The van der Waals surface area contributed by atoms with Crippen LogP contribution in [0, 0.1) is 0 Å². The van der Waals surface area contributed by atoms with E-state index in [2.05, 4.69) is 0 Å². The van der Waals surface area contributed by atoms with Crippen molar-refractivity contribution in [2.75, 3.05) is 0 Å². The Kier molecular flexibility index (Phi) is 3.33. The third-order valence-electron chi connectivity index (χ3n) is 2.23. The van der Waals surface area contributed by atoms with E-state index in [-0.39, 0.29) is 27.9 Å². The van der Waals surface area contributed by atoms with Gasteiger partial charge in [0.2, 0.25) is 0 Å². The monoisotopic (exact) mass is 262 g/mol. The highest BCUT2D eigenvalue weighted by atomic mass is 16.6. The molecule has 1 aromatic heterocycles. The smallest absolute Gasteiger partial charge is 0.308 e. The topological polar surface area (TPSA) is 82.8 Å². The van der Waals surface area contributed by atoms with Crippen molar-refractivity contribution in [3.63, 3.8) is 0 Å². The predicted octanol–water partition coefficient (Wildman–Crippen LogP) is 1.64. The molecule has 0 fully saturated rings. The van der Waals surface area contributed by atoms with E-state index in [0.29, 0.717) is 0 Å². The fraction of sp³-hybridized carbons (Fsp3) is 0.154. The van der Waals surface area contributed by atoms with Gasteiger partial charge in [-0.15, -0.1) is 0 Å². The molecule has 6 heteroatoms. The summed E-state index contributed by atoms with van der Waals surface area (Å²) in [7, 11) is 0. The third kappa shape index (κ3) is 2.79. The quantitative estimate of drug-likeness (QED) is 0.604. The molecule has 1 heterocycles. The fourth-order valence-corrected chi connectivity index (χ4v) is 1.56. The van der Waals surface area contributed by atoms with Gasteiger partial charge in [-0.25, -0.2) is 0 Å². The summed E-state index contributed by atoms with van der Waals surface area (Å²) >= 11 is 0. The van der Waals surface area contributed by atoms with Gasteiger partial charge in [0.15, 0.2) is 16.9 Å². The van der Waals surface area contributed by atoms with Crippen molar-refractivity contribution >= 4 is 22.9 Å². The molecule has 0 aliphatic carbocycles. The number of esters is 2. The van der Waals surface area contributed by atoms with Gasteiger partial charge in [-0.1, -0.05) is 0 Å². The molecule has 0 aliphatic rings. The van der Waals surface area contributed by atoms with Crippen LogP contribution in [0.25, 0.3) is 11.0 Å². The van der Waals surface area contributed by atoms with Crippen LogP contribution in [-0.2, 0) is 9.59 Å². The minimum Gasteiger partial charge on any atom is -0.464 e. The van der Waals surface area contributed by atoms with Crippen molar-refractivity contribution in [3.05, 3.63) is 34.7 Å². The standard InChI is InChI=1S/C13H10O6/c1-7(14)18-12-5-9-10(16)3-4-17-11(9)6-13(12)19-8(2)15/h3-6H,1-2H3. The molecule has 2 rings (SSSR count). The number of hydrogen-bond acceptors (Lipinski definition) is 6. The number of carbonyl (C=O) groups excluding carboxylic acids is 2. The summed E-state index contributed by atoms with van der Waals surface area (Å²) in [6.07, 6.45) is 1.23. The zero-order valence-corrected chi connectivity index (χ0v) is 10.3. The lowest BCUT2D eigenvalue weighted by Gasteiger charge is -2.09. The maximum Gasteiger partial charge on any atom is 0.308 e. The van der Waals surface area contributed by atoms with Gasteiger partial charge in [0, 0.05) is 26.0 Å². The van der Waals surface area contributed by atoms with Crippen molar-refractivity contribution in [1.29, 1.82) is 0 Å². The summed E-state index contributed by atoms with van der Waals surface area (Å²) in [6, 6.07) is 3.88. The molecule has 0 saturated heterocycles. The molecule has 0 aliphatic heterocycles. The van der Waals surface area contributed by atoms with Gasteiger partial charge < -0.3 is 13.9 Å². The van der Waals surface area contributed by atoms with Crippen LogP contribution in [0.5, 0.6) is 11.5 Å². The van der Waals surface area contributed by atoms with E-state index in [0.717, 1.165) is 0 Å². The van der Waals surface area contributed by atoms with Gasteiger partial charge in [-0.05, 0) is 6.07 Å². The summed E-state index contributed by atoms with van der Waals surface area (Å²) in [4.78, 5) is 33.6. The van der Waals surface area contributed by atoms with Crippen LogP contribution >= 0.6 is 0 Å². The molecule has 0 N–H and O–H groups in total. The van der Waals surface area contributed by atoms with Crippen molar-refractivity contribution in [1.82, 2.24) is 0 Å². The molecule has 0 bridgehead atoms. The molecule has 0 amide bonds. The van der Waals surface area contributed by atoms with E-state index in [1.807, 2.05) is 0 Å². The summed E-state index contributed by atoms with van der Waals surface area (Å²) in [5.74, 6) is -1.16. The van der Waals surface area contributed by atoms with Gasteiger partial charge >= 0.3 is 11.9 Å². The Hall–Kier alpha value is -2.63. The minimum absolute atomic E-state index is 0.00583. The Balaban J connectivity index is 2.66. The maximum absolute atomic E-state index is 11.6. The summed E-state index contributed by atoms with van der Waals surface area (Å²) < 4.78 is 15.0. The first kappa shape index (κ1) is 12.8. The summed E-state index contributed by atoms with van der Waals surface area (Å²) in [5, 5.41) is 0.231. The number of rotatable bonds is 2. The van der Waals surface area contributed by atoms with Crippen LogP contribution in [-0.4, -0.2) is 11.9 Å². The highest BCUT2D eigenvalue weighted by Gasteiger charge is 2.14. The van der Waals surface area contributed by atoms with Crippen LogP contribution in [0.3, 0.4) is 0 Å². The van der Waals surface area contributed by atoms with Crippen molar-refractivity contribution < 1.29 is 23.5 Å². The first-order valence-electron chi connectivity index (χ1n) is 5.40. The van der Waals surface area contributed by atoms with Crippen LogP contribution in [0.1, 0.15) is 13.8 Å². The van der Waals surface area contributed by atoms with E-state index in [1.54, 1.807) is 0 Å². The number of fused-ring (bicyclic) bond motifs is 1. The van der Waals surface area contributed by atoms with Gasteiger partial charge in [0.1, 0.15) is 5.58 Å². The van der Waals surface area contributed by atoms with Crippen LogP contribution in [0.2, 0.25) is 0 Å². The first-order chi connectivity index (χ1) is 8.97. The first-order valence-corrected chi connectivity index (χ1v) is 5.40. The minimum atomic E-state index is -0.590. The Morgan fingerprint density at radius 3 is 2.21 bits per heavy atom. The average Bonchev–Trinajstić information content (AvgIpc) is 2.29. The summed E-state index contributed by atoms with van der Waals surface area (Å²) in [6.45, 7) is 2.41. The predicted molar refractivity (Wildman–Crippen MR) is 65.1 cm³/mol. The SMILES string of the molecule is CC(=O)Oc1cc2occc(=O)c2cc1OC(C)=O. The highest BCUT2D eigenvalue weighted by Crippen LogP contribution is 2.31. The highest BCUT2D eigenvalue weighted by molar-refractivity contribution is 5.84. The molecular weight excluding hydrogens is 252 g/mol. The molecule has 0 unspecified atom stereocenters. The number of ether oxygens (including phenoxy) is 2. The van der Waals surface area contributed by atoms with E-state index in [4.69, 9.17) is 13.9 Å².